The van der Waals surface area contributed by atoms with Crippen LogP contribution in [-0.4, -0.2) is 38.1 Å². The van der Waals surface area contributed by atoms with Crippen molar-refractivity contribution in [1.29, 1.82) is 0 Å². The first-order valence-corrected chi connectivity index (χ1v) is 11.8. The number of thioether (sulfide) groups is 1. The standard InChI is InChI=1S/C25H30N2O3S/c1-26-25(28)23(13-14-31-3)27-16-19-11-12-21(15-24(19)29-2)30-17-20-9-6-8-18-7-4-5-10-22(18)20/h4-12,15,23,27H,13-14,16-17H2,1-3H3,(H,26,28). The monoisotopic (exact) mass is 438 g/mol. The molecule has 5 nitrogen and oxygen atoms in total. The predicted octanol–water partition coefficient (Wildman–Crippen LogP) is 4.38. The van der Waals surface area contributed by atoms with Crippen LogP contribution >= 0.6 is 11.8 Å². The molecule has 1 unspecified atom stereocenters. The van der Waals surface area contributed by atoms with Gasteiger partial charge in [0.15, 0.2) is 0 Å². The van der Waals surface area contributed by atoms with Gasteiger partial charge in [-0.05, 0) is 40.8 Å². The van der Waals surface area contributed by atoms with Crippen LogP contribution in [0.15, 0.2) is 60.7 Å². The van der Waals surface area contributed by atoms with Crippen LogP contribution in [0, 0.1) is 0 Å². The Hall–Kier alpha value is -2.70. The van der Waals surface area contributed by atoms with E-state index >= 15 is 0 Å². The largest absolute Gasteiger partial charge is 0.496 e. The highest BCUT2D eigenvalue weighted by Crippen LogP contribution is 2.27. The van der Waals surface area contributed by atoms with Crippen molar-refractivity contribution in [2.75, 3.05) is 26.2 Å². The number of carbonyl (C=O) groups is 1. The van der Waals surface area contributed by atoms with Gasteiger partial charge in [0.2, 0.25) is 5.91 Å². The molecule has 0 saturated heterocycles. The molecule has 2 N–H and O–H groups in total. The first kappa shape index (κ1) is 23.0. The number of benzene rings is 3. The molecule has 0 radical (unpaired) electrons. The Balaban J connectivity index is 1.67. The summed E-state index contributed by atoms with van der Waals surface area (Å²) in [4.78, 5) is 12.1. The van der Waals surface area contributed by atoms with Gasteiger partial charge in [-0.3, -0.25) is 4.79 Å². The van der Waals surface area contributed by atoms with Crippen molar-refractivity contribution in [1.82, 2.24) is 10.6 Å². The SMILES string of the molecule is CNC(=O)C(CCSC)NCc1ccc(OCc2cccc3ccccc23)cc1OC. The molecule has 1 amide bonds. The molecule has 1 atom stereocenters. The predicted molar refractivity (Wildman–Crippen MR) is 129 cm³/mol. The van der Waals surface area contributed by atoms with Crippen molar-refractivity contribution >= 4 is 28.4 Å². The van der Waals surface area contributed by atoms with Crippen LogP contribution in [0.3, 0.4) is 0 Å². The summed E-state index contributed by atoms with van der Waals surface area (Å²) in [5, 5.41) is 8.48. The molecule has 3 aromatic rings. The van der Waals surface area contributed by atoms with Gasteiger partial charge >= 0.3 is 0 Å². The van der Waals surface area contributed by atoms with Crippen molar-refractivity contribution in [3.63, 3.8) is 0 Å². The fraction of sp³-hybridized carbons (Fsp3) is 0.320. The number of amides is 1. The molecule has 0 aliphatic heterocycles. The van der Waals surface area contributed by atoms with E-state index in [0.29, 0.717) is 13.2 Å². The van der Waals surface area contributed by atoms with Crippen LogP contribution in [0.25, 0.3) is 10.8 Å². The molecule has 164 valence electrons. The molecule has 0 heterocycles. The molecular weight excluding hydrogens is 408 g/mol. The first-order chi connectivity index (χ1) is 15.2. The molecule has 31 heavy (non-hydrogen) atoms. The Labute approximate surface area is 188 Å². The Kier molecular flexibility index (Phi) is 8.62. The van der Waals surface area contributed by atoms with Gasteiger partial charge in [0.05, 0.1) is 13.2 Å². The molecule has 0 aliphatic rings. The van der Waals surface area contributed by atoms with Crippen LogP contribution in [0.4, 0.5) is 0 Å². The molecule has 0 saturated carbocycles. The highest BCUT2D eigenvalue weighted by molar-refractivity contribution is 7.98. The normalized spacial score (nSPS) is 11.8. The lowest BCUT2D eigenvalue weighted by atomic mass is 10.1. The van der Waals surface area contributed by atoms with E-state index in [1.54, 1.807) is 25.9 Å². The van der Waals surface area contributed by atoms with E-state index in [4.69, 9.17) is 9.47 Å². The molecule has 0 aliphatic carbocycles. The third-order valence-electron chi connectivity index (χ3n) is 5.25. The number of fused-ring (bicyclic) bond motifs is 1. The van der Waals surface area contributed by atoms with Crippen LogP contribution in [-0.2, 0) is 17.9 Å². The average Bonchev–Trinajstić information content (AvgIpc) is 2.82. The van der Waals surface area contributed by atoms with Crippen LogP contribution in [0.1, 0.15) is 17.5 Å². The van der Waals surface area contributed by atoms with Gasteiger partial charge in [0, 0.05) is 25.2 Å². The Morgan fingerprint density at radius 1 is 1.06 bits per heavy atom. The maximum atomic E-state index is 12.1. The van der Waals surface area contributed by atoms with Crippen molar-refractivity contribution in [2.24, 2.45) is 0 Å². The molecule has 3 aromatic carbocycles. The van der Waals surface area contributed by atoms with Gasteiger partial charge in [0.25, 0.3) is 0 Å². The van der Waals surface area contributed by atoms with Crippen molar-refractivity contribution in [2.45, 2.75) is 25.6 Å². The number of nitrogens with one attached hydrogen (secondary N) is 2. The minimum absolute atomic E-state index is 0.00283. The minimum Gasteiger partial charge on any atom is -0.496 e. The molecule has 0 spiro atoms. The van der Waals surface area contributed by atoms with Crippen LogP contribution < -0.4 is 20.1 Å². The number of likely N-dealkylation sites (N-methyl/N-ethyl adjacent to an activating group) is 1. The Morgan fingerprint density at radius 2 is 1.87 bits per heavy atom. The number of hydrogen-bond donors (Lipinski definition) is 2. The van der Waals surface area contributed by atoms with Crippen molar-refractivity contribution in [3.05, 3.63) is 71.8 Å². The van der Waals surface area contributed by atoms with Crippen molar-refractivity contribution < 1.29 is 14.3 Å². The molecule has 0 aromatic heterocycles. The number of rotatable bonds is 11. The van der Waals surface area contributed by atoms with E-state index < -0.39 is 0 Å². The average molecular weight is 439 g/mol. The summed E-state index contributed by atoms with van der Waals surface area (Å²) in [6.45, 7) is 1.02. The number of methoxy groups -OCH3 is 1. The fourth-order valence-electron chi connectivity index (χ4n) is 3.51. The topological polar surface area (TPSA) is 59.6 Å². The van der Waals surface area contributed by atoms with Crippen LogP contribution in [0.5, 0.6) is 11.5 Å². The van der Waals surface area contributed by atoms with Crippen LogP contribution in [0.2, 0.25) is 0 Å². The zero-order chi connectivity index (χ0) is 22.1. The highest BCUT2D eigenvalue weighted by Gasteiger charge is 2.17. The molecule has 6 heteroatoms. The summed E-state index contributed by atoms with van der Waals surface area (Å²) in [6.07, 6.45) is 2.82. The third-order valence-corrected chi connectivity index (χ3v) is 5.89. The van der Waals surface area contributed by atoms with Gasteiger partial charge < -0.3 is 20.1 Å². The van der Waals surface area contributed by atoms with E-state index in [1.807, 2.05) is 36.6 Å². The Bertz CT molecular complexity index is 1000. The number of carbonyl (C=O) groups excluding carboxylic acids is 1. The second kappa shape index (κ2) is 11.6. The highest BCUT2D eigenvalue weighted by atomic mass is 32.2. The van der Waals surface area contributed by atoms with E-state index in [2.05, 4.69) is 41.0 Å². The molecule has 0 bridgehead atoms. The van der Waals surface area contributed by atoms with Crippen molar-refractivity contribution in [3.8, 4) is 11.5 Å². The molecular formula is C25H30N2O3S. The maximum absolute atomic E-state index is 12.1. The Morgan fingerprint density at radius 3 is 2.65 bits per heavy atom. The fourth-order valence-corrected chi connectivity index (χ4v) is 3.98. The second-order valence-electron chi connectivity index (χ2n) is 7.23. The quantitative estimate of drug-likeness (QED) is 0.465. The van der Waals surface area contributed by atoms with Gasteiger partial charge in [-0.15, -0.1) is 0 Å². The summed E-state index contributed by atoms with van der Waals surface area (Å²) in [6, 6.07) is 20.2. The third kappa shape index (κ3) is 6.15. The second-order valence-corrected chi connectivity index (χ2v) is 8.22. The lowest BCUT2D eigenvalue weighted by Crippen LogP contribution is -2.42. The zero-order valence-electron chi connectivity index (χ0n) is 18.3. The maximum Gasteiger partial charge on any atom is 0.236 e. The van der Waals surface area contributed by atoms with E-state index in [9.17, 15) is 4.79 Å². The lowest BCUT2D eigenvalue weighted by Gasteiger charge is -2.18. The van der Waals surface area contributed by atoms with E-state index in [1.165, 1.54) is 10.8 Å². The number of ether oxygens (including phenoxy) is 2. The summed E-state index contributed by atoms with van der Waals surface area (Å²) in [5.74, 6) is 2.41. The van der Waals surface area contributed by atoms with Gasteiger partial charge in [-0.2, -0.15) is 11.8 Å². The molecule has 3 rings (SSSR count). The smallest absolute Gasteiger partial charge is 0.236 e. The minimum atomic E-state index is -0.232. The van der Waals surface area contributed by atoms with E-state index in [0.717, 1.165) is 34.8 Å². The lowest BCUT2D eigenvalue weighted by molar-refractivity contribution is -0.122. The summed E-state index contributed by atoms with van der Waals surface area (Å²) >= 11 is 1.73. The van der Waals surface area contributed by atoms with Gasteiger partial charge in [0.1, 0.15) is 18.1 Å². The van der Waals surface area contributed by atoms with E-state index in [-0.39, 0.29) is 11.9 Å². The summed E-state index contributed by atoms with van der Waals surface area (Å²) in [7, 11) is 3.32. The summed E-state index contributed by atoms with van der Waals surface area (Å²) in [5.41, 5.74) is 2.13. The molecule has 0 fully saturated rings. The van der Waals surface area contributed by atoms with Gasteiger partial charge in [-0.1, -0.05) is 48.5 Å². The zero-order valence-corrected chi connectivity index (χ0v) is 19.1. The van der Waals surface area contributed by atoms with Gasteiger partial charge in [-0.25, -0.2) is 0 Å². The first-order valence-electron chi connectivity index (χ1n) is 10.4. The number of hydrogen-bond acceptors (Lipinski definition) is 5. The summed E-state index contributed by atoms with van der Waals surface area (Å²) < 4.78 is 11.6.